The van der Waals surface area contributed by atoms with Gasteiger partial charge in [-0.05, 0) is 26.3 Å². The van der Waals surface area contributed by atoms with E-state index in [9.17, 15) is 19.5 Å². The van der Waals surface area contributed by atoms with Crippen LogP contribution in [-0.4, -0.2) is 41.9 Å². The fourth-order valence-electron chi connectivity index (χ4n) is 1.42. The van der Waals surface area contributed by atoms with E-state index in [0.29, 0.717) is 25.8 Å². The van der Waals surface area contributed by atoms with E-state index in [2.05, 4.69) is 5.32 Å². The van der Waals surface area contributed by atoms with Crippen molar-refractivity contribution in [3.8, 4) is 0 Å². The Balaban J connectivity index is 4.40. The molecule has 0 saturated carbocycles. The Morgan fingerprint density at radius 1 is 1.39 bits per heavy atom. The lowest BCUT2D eigenvalue weighted by atomic mass is 10.0. The smallest absolute Gasteiger partial charge is 0.242 e. The number of hydrogen-bond donors (Lipinski definition) is 4. The van der Waals surface area contributed by atoms with Gasteiger partial charge in [-0.2, -0.15) is 0 Å². The summed E-state index contributed by atoms with van der Waals surface area (Å²) in [5.41, 5.74) is 10.3. The zero-order valence-electron chi connectivity index (χ0n) is 10.4. The summed E-state index contributed by atoms with van der Waals surface area (Å²) in [6.07, 6.45) is 2.09. The average Bonchev–Trinajstić information content (AvgIpc) is 2.30. The lowest BCUT2D eigenvalue weighted by molar-refractivity contribution is -0.130. The van der Waals surface area contributed by atoms with Gasteiger partial charge in [-0.1, -0.05) is 6.42 Å². The lowest BCUT2D eigenvalue weighted by Crippen LogP contribution is -2.52. The van der Waals surface area contributed by atoms with Crippen LogP contribution in [0.5, 0.6) is 0 Å². The van der Waals surface area contributed by atoms with Gasteiger partial charge in [0.1, 0.15) is 12.0 Å². The Kier molecular flexibility index (Phi) is 7.89. The Morgan fingerprint density at radius 2 is 2.00 bits per heavy atom. The Labute approximate surface area is 106 Å². The second-order valence-corrected chi connectivity index (χ2v) is 4.08. The Hall–Kier alpha value is -1.47. The van der Waals surface area contributed by atoms with Crippen molar-refractivity contribution < 1.29 is 19.5 Å². The molecule has 0 bridgehead atoms. The van der Waals surface area contributed by atoms with Gasteiger partial charge in [-0.3, -0.25) is 14.4 Å². The number of carbonyl (C=O) groups excluding carboxylic acids is 3. The maximum Gasteiger partial charge on any atom is 0.242 e. The zero-order chi connectivity index (χ0) is 14.1. The standard InChI is InChI=1S/C11H20N3O4/c1-7(16)9(10(13)17)14-11(18)8(6-15)4-2-3-5-12/h7-9,16H,2-5,12H2,1H3,(H2,13,17)(H,14,18). The quantitative estimate of drug-likeness (QED) is 0.285. The number of primary amides is 1. The minimum absolute atomic E-state index is 0.303. The Morgan fingerprint density at radius 3 is 2.39 bits per heavy atom. The van der Waals surface area contributed by atoms with Gasteiger partial charge in [0.25, 0.3) is 0 Å². The predicted octanol–water partition coefficient (Wildman–Crippen LogP) is -1.81. The second kappa shape index (κ2) is 8.60. The van der Waals surface area contributed by atoms with Crippen molar-refractivity contribution in [2.75, 3.05) is 6.54 Å². The predicted molar refractivity (Wildman–Crippen MR) is 64.9 cm³/mol. The van der Waals surface area contributed by atoms with E-state index in [1.807, 2.05) is 0 Å². The van der Waals surface area contributed by atoms with Crippen LogP contribution in [0.3, 0.4) is 0 Å². The summed E-state index contributed by atoms with van der Waals surface area (Å²) in [6.45, 7) is 1.80. The van der Waals surface area contributed by atoms with Crippen LogP contribution in [0.15, 0.2) is 0 Å². The fourth-order valence-corrected chi connectivity index (χ4v) is 1.42. The zero-order valence-corrected chi connectivity index (χ0v) is 10.4. The van der Waals surface area contributed by atoms with Crippen LogP contribution in [0.25, 0.3) is 0 Å². The minimum atomic E-state index is -1.21. The molecule has 0 fully saturated rings. The maximum atomic E-state index is 11.7. The SMILES string of the molecule is CC(O)C(NC(=O)C([C]=O)CCCCN)C(N)=O. The van der Waals surface area contributed by atoms with Crippen LogP contribution in [0.4, 0.5) is 0 Å². The summed E-state index contributed by atoms with van der Waals surface area (Å²) in [5.74, 6) is -2.49. The van der Waals surface area contributed by atoms with E-state index < -0.39 is 29.9 Å². The second-order valence-electron chi connectivity index (χ2n) is 4.08. The van der Waals surface area contributed by atoms with Crippen LogP contribution >= 0.6 is 0 Å². The molecule has 0 heterocycles. The topological polar surface area (TPSA) is 136 Å². The van der Waals surface area contributed by atoms with Gasteiger partial charge in [-0.15, -0.1) is 0 Å². The van der Waals surface area contributed by atoms with E-state index in [-0.39, 0.29) is 0 Å². The highest BCUT2D eigenvalue weighted by molar-refractivity contribution is 5.95. The van der Waals surface area contributed by atoms with E-state index in [1.165, 1.54) is 6.92 Å². The molecule has 0 spiro atoms. The van der Waals surface area contributed by atoms with Crippen molar-refractivity contribution in [2.45, 2.75) is 38.3 Å². The molecule has 0 aliphatic rings. The number of nitrogens with two attached hydrogens (primary N) is 2. The van der Waals surface area contributed by atoms with Gasteiger partial charge in [0, 0.05) is 0 Å². The monoisotopic (exact) mass is 258 g/mol. The molecule has 3 unspecified atom stereocenters. The molecule has 0 aromatic rings. The molecule has 1 radical (unpaired) electrons. The summed E-state index contributed by atoms with van der Waals surface area (Å²) in [7, 11) is 0. The van der Waals surface area contributed by atoms with Crippen LogP contribution in [-0.2, 0) is 14.4 Å². The van der Waals surface area contributed by atoms with Crippen molar-refractivity contribution in [3.63, 3.8) is 0 Å². The number of carbonyl (C=O) groups is 2. The van der Waals surface area contributed by atoms with Gasteiger partial charge >= 0.3 is 0 Å². The first-order chi connectivity index (χ1) is 8.43. The third kappa shape index (κ3) is 5.74. The number of hydrogen-bond acceptors (Lipinski definition) is 5. The molecule has 7 heteroatoms. The number of nitrogens with one attached hydrogen (secondary N) is 1. The number of unbranched alkanes of at least 4 members (excludes halogenated alkanes) is 1. The van der Waals surface area contributed by atoms with E-state index in [0.717, 1.165) is 0 Å². The molecule has 0 saturated heterocycles. The number of aliphatic hydroxyl groups is 1. The van der Waals surface area contributed by atoms with E-state index in [4.69, 9.17) is 11.5 Å². The maximum absolute atomic E-state index is 11.7. The van der Waals surface area contributed by atoms with Crippen molar-refractivity contribution >= 4 is 18.1 Å². The van der Waals surface area contributed by atoms with Crippen molar-refractivity contribution in [2.24, 2.45) is 17.4 Å². The summed E-state index contributed by atoms with van der Waals surface area (Å²) >= 11 is 0. The normalized spacial score (nSPS) is 15.5. The largest absolute Gasteiger partial charge is 0.391 e. The first-order valence-corrected chi connectivity index (χ1v) is 5.79. The average molecular weight is 258 g/mol. The number of rotatable bonds is 9. The molecule has 0 rings (SSSR count). The molecule has 6 N–H and O–H groups in total. The first kappa shape index (κ1) is 16.5. The summed E-state index contributed by atoms with van der Waals surface area (Å²) in [5, 5.41) is 11.5. The van der Waals surface area contributed by atoms with Gasteiger partial charge in [0.2, 0.25) is 18.1 Å². The van der Waals surface area contributed by atoms with Gasteiger partial charge in [0.05, 0.1) is 6.10 Å². The summed E-state index contributed by atoms with van der Waals surface area (Å²) in [4.78, 5) is 33.3. The highest BCUT2D eigenvalue weighted by Gasteiger charge is 2.27. The molecule has 103 valence electrons. The number of aliphatic hydroxyl groups excluding tert-OH is 1. The molecule has 0 aromatic carbocycles. The fraction of sp³-hybridized carbons (Fsp3) is 0.727. The third-order valence-corrected chi connectivity index (χ3v) is 2.49. The molecule has 7 nitrogen and oxygen atoms in total. The van der Waals surface area contributed by atoms with Crippen LogP contribution < -0.4 is 16.8 Å². The molecule has 0 aliphatic heterocycles. The van der Waals surface area contributed by atoms with Crippen LogP contribution in [0, 0.1) is 5.92 Å². The lowest BCUT2D eigenvalue weighted by Gasteiger charge is -2.19. The van der Waals surface area contributed by atoms with Gasteiger partial charge in [0.15, 0.2) is 0 Å². The molecule has 3 atom stereocenters. The van der Waals surface area contributed by atoms with Crippen molar-refractivity contribution in [1.29, 1.82) is 0 Å². The van der Waals surface area contributed by atoms with Crippen molar-refractivity contribution in [3.05, 3.63) is 0 Å². The van der Waals surface area contributed by atoms with Gasteiger partial charge < -0.3 is 21.9 Å². The minimum Gasteiger partial charge on any atom is -0.391 e. The molecular weight excluding hydrogens is 238 g/mol. The summed E-state index contributed by atoms with van der Waals surface area (Å²) < 4.78 is 0. The van der Waals surface area contributed by atoms with Gasteiger partial charge in [-0.25, -0.2) is 0 Å². The molecule has 18 heavy (non-hydrogen) atoms. The van der Waals surface area contributed by atoms with Crippen LogP contribution in [0.1, 0.15) is 26.2 Å². The highest BCUT2D eigenvalue weighted by atomic mass is 16.3. The van der Waals surface area contributed by atoms with Crippen molar-refractivity contribution in [1.82, 2.24) is 5.32 Å². The molecule has 2 amide bonds. The van der Waals surface area contributed by atoms with E-state index in [1.54, 1.807) is 6.29 Å². The molecule has 0 aliphatic carbocycles. The summed E-state index contributed by atoms with van der Waals surface area (Å²) in [6, 6.07) is -1.21. The van der Waals surface area contributed by atoms with E-state index >= 15 is 0 Å². The third-order valence-electron chi connectivity index (χ3n) is 2.49. The number of amides is 2. The highest BCUT2D eigenvalue weighted by Crippen LogP contribution is 2.07. The van der Waals surface area contributed by atoms with Crippen LogP contribution in [0.2, 0.25) is 0 Å². The Bertz CT molecular complexity index is 294. The molecule has 0 aromatic heterocycles. The first-order valence-electron chi connectivity index (χ1n) is 5.79. The molecular formula is C11H20N3O4.